The number of guanidine groups is 1. The van der Waals surface area contributed by atoms with Gasteiger partial charge in [-0.15, -0.1) is 0 Å². The fourth-order valence-electron chi connectivity index (χ4n) is 2.56. The maximum atomic E-state index is 13.5. The molecule has 0 aromatic heterocycles. The zero-order valence-corrected chi connectivity index (χ0v) is 12.8. The first-order valence-corrected chi connectivity index (χ1v) is 7.37. The van der Waals surface area contributed by atoms with Crippen molar-refractivity contribution in [1.29, 1.82) is 0 Å². The zero-order valence-electron chi connectivity index (χ0n) is 12.8. The van der Waals surface area contributed by atoms with E-state index in [1.54, 1.807) is 25.2 Å². The number of rotatable bonds is 4. The third-order valence-electron chi connectivity index (χ3n) is 3.64. The molecule has 1 atom stereocenters. The molecule has 0 amide bonds. The maximum Gasteiger partial charge on any atom is 0.401 e. The Kier molecular flexibility index (Phi) is 5.81. The molecule has 1 saturated heterocycles. The highest BCUT2D eigenvalue weighted by atomic mass is 19.4. The van der Waals surface area contributed by atoms with E-state index in [9.17, 15) is 17.6 Å². The minimum absolute atomic E-state index is 0.107. The van der Waals surface area contributed by atoms with Crippen LogP contribution in [0.2, 0.25) is 0 Å². The minimum Gasteiger partial charge on any atom is -0.352 e. The number of nitrogens with one attached hydrogen (secondary N) is 2. The molecule has 23 heavy (non-hydrogen) atoms. The number of hydrogen-bond donors (Lipinski definition) is 2. The van der Waals surface area contributed by atoms with Crippen LogP contribution in [0.5, 0.6) is 0 Å². The summed E-state index contributed by atoms with van der Waals surface area (Å²) in [5.74, 6) is 0.139. The molecule has 1 heterocycles. The predicted molar refractivity (Wildman–Crippen MR) is 80.6 cm³/mol. The van der Waals surface area contributed by atoms with Crippen LogP contribution in [0.25, 0.3) is 0 Å². The van der Waals surface area contributed by atoms with Crippen molar-refractivity contribution in [3.63, 3.8) is 0 Å². The first-order valence-electron chi connectivity index (χ1n) is 7.37. The van der Waals surface area contributed by atoms with Crippen molar-refractivity contribution < 1.29 is 17.6 Å². The lowest BCUT2D eigenvalue weighted by atomic mass is 10.2. The monoisotopic (exact) mass is 332 g/mol. The largest absolute Gasteiger partial charge is 0.401 e. The van der Waals surface area contributed by atoms with Gasteiger partial charge in [-0.1, -0.05) is 18.2 Å². The summed E-state index contributed by atoms with van der Waals surface area (Å²) >= 11 is 0. The van der Waals surface area contributed by atoms with Crippen LogP contribution in [-0.4, -0.2) is 49.8 Å². The van der Waals surface area contributed by atoms with Gasteiger partial charge < -0.3 is 10.6 Å². The highest BCUT2D eigenvalue weighted by Gasteiger charge is 2.34. The summed E-state index contributed by atoms with van der Waals surface area (Å²) in [6, 6.07) is 6.28. The van der Waals surface area contributed by atoms with Gasteiger partial charge in [-0.2, -0.15) is 13.2 Å². The summed E-state index contributed by atoms with van der Waals surface area (Å²) in [7, 11) is 1.57. The van der Waals surface area contributed by atoms with Gasteiger partial charge in [0, 0.05) is 38.3 Å². The number of benzene rings is 1. The van der Waals surface area contributed by atoms with E-state index in [0.29, 0.717) is 31.0 Å². The standard InChI is InChI=1S/C15H20F4N4/c1-20-14(21-8-11-4-2-3-5-13(11)16)22-12-6-7-23(9-12)10-15(17,18)19/h2-5,12H,6-10H2,1H3,(H2,20,21,22). The quantitative estimate of drug-likeness (QED) is 0.504. The highest BCUT2D eigenvalue weighted by molar-refractivity contribution is 5.80. The SMILES string of the molecule is CN=C(NCc1ccccc1F)NC1CCN(CC(F)(F)F)C1. The smallest absolute Gasteiger partial charge is 0.352 e. The number of likely N-dealkylation sites (tertiary alicyclic amines) is 1. The van der Waals surface area contributed by atoms with Crippen LogP contribution >= 0.6 is 0 Å². The molecule has 2 rings (SSSR count). The number of alkyl halides is 3. The number of nitrogens with zero attached hydrogens (tertiary/aromatic N) is 2. The summed E-state index contributed by atoms with van der Waals surface area (Å²) in [4.78, 5) is 5.39. The van der Waals surface area contributed by atoms with Gasteiger partial charge in [0.25, 0.3) is 0 Å². The molecule has 1 aliphatic rings. The van der Waals surface area contributed by atoms with E-state index >= 15 is 0 Å². The van der Waals surface area contributed by atoms with Crippen LogP contribution in [0, 0.1) is 5.82 Å². The molecule has 0 radical (unpaired) electrons. The Balaban J connectivity index is 1.81. The third-order valence-corrected chi connectivity index (χ3v) is 3.64. The Hall–Kier alpha value is -1.83. The van der Waals surface area contributed by atoms with Gasteiger partial charge in [-0.25, -0.2) is 4.39 Å². The third kappa shape index (κ3) is 5.70. The molecule has 2 N–H and O–H groups in total. The molecule has 1 aliphatic heterocycles. The predicted octanol–water partition coefficient (Wildman–Crippen LogP) is 2.13. The molecular formula is C15H20F4N4. The van der Waals surface area contributed by atoms with Crippen molar-refractivity contribution in [3.05, 3.63) is 35.6 Å². The summed E-state index contributed by atoms with van der Waals surface area (Å²) in [6.45, 7) is 0.0547. The molecule has 0 saturated carbocycles. The molecule has 0 aliphatic carbocycles. The molecule has 0 bridgehead atoms. The summed E-state index contributed by atoms with van der Waals surface area (Å²) in [5.41, 5.74) is 0.501. The van der Waals surface area contributed by atoms with Gasteiger partial charge >= 0.3 is 6.18 Å². The lowest BCUT2D eigenvalue weighted by molar-refractivity contribution is -0.143. The highest BCUT2D eigenvalue weighted by Crippen LogP contribution is 2.19. The van der Waals surface area contributed by atoms with Gasteiger partial charge in [0.2, 0.25) is 0 Å². The molecular weight excluding hydrogens is 312 g/mol. The normalized spacial score (nSPS) is 19.9. The maximum absolute atomic E-state index is 13.5. The van der Waals surface area contributed by atoms with Gasteiger partial charge in [0.15, 0.2) is 5.96 Å². The van der Waals surface area contributed by atoms with Crippen LogP contribution in [0.3, 0.4) is 0 Å². The average molecular weight is 332 g/mol. The van der Waals surface area contributed by atoms with Crippen molar-refractivity contribution >= 4 is 5.96 Å². The van der Waals surface area contributed by atoms with Crippen LogP contribution in [-0.2, 0) is 6.54 Å². The van der Waals surface area contributed by atoms with E-state index in [1.165, 1.54) is 11.0 Å². The number of hydrogen-bond acceptors (Lipinski definition) is 2. The Morgan fingerprint density at radius 2 is 2.09 bits per heavy atom. The molecule has 8 heteroatoms. The second kappa shape index (κ2) is 7.63. The van der Waals surface area contributed by atoms with Gasteiger partial charge in [0.1, 0.15) is 5.82 Å². The summed E-state index contributed by atoms with van der Waals surface area (Å²) in [5, 5.41) is 6.05. The first-order chi connectivity index (χ1) is 10.9. The molecule has 4 nitrogen and oxygen atoms in total. The number of aliphatic imine (C=N–C) groups is 1. The fraction of sp³-hybridized carbons (Fsp3) is 0.533. The molecule has 1 aromatic carbocycles. The fourth-order valence-corrected chi connectivity index (χ4v) is 2.56. The topological polar surface area (TPSA) is 39.7 Å². The van der Waals surface area contributed by atoms with E-state index in [0.717, 1.165) is 0 Å². The van der Waals surface area contributed by atoms with Crippen molar-refractivity contribution in [1.82, 2.24) is 15.5 Å². The molecule has 0 spiro atoms. The number of halogens is 4. The lowest BCUT2D eigenvalue weighted by Crippen LogP contribution is -2.45. The van der Waals surface area contributed by atoms with Crippen LogP contribution < -0.4 is 10.6 Å². The van der Waals surface area contributed by atoms with E-state index < -0.39 is 12.7 Å². The lowest BCUT2D eigenvalue weighted by Gasteiger charge is -2.19. The molecule has 128 valence electrons. The minimum atomic E-state index is -4.18. The van der Waals surface area contributed by atoms with Crippen LogP contribution in [0.4, 0.5) is 17.6 Å². The molecule has 1 unspecified atom stereocenters. The molecule has 1 fully saturated rings. The van der Waals surface area contributed by atoms with Gasteiger partial charge in [-0.05, 0) is 12.5 Å². The van der Waals surface area contributed by atoms with Crippen LogP contribution in [0.15, 0.2) is 29.3 Å². The Labute approximate surface area is 132 Å². The van der Waals surface area contributed by atoms with E-state index in [4.69, 9.17) is 0 Å². The molecule has 1 aromatic rings. The summed E-state index contributed by atoms with van der Waals surface area (Å²) in [6.07, 6.45) is -3.57. The average Bonchev–Trinajstić information content (AvgIpc) is 2.90. The second-order valence-corrected chi connectivity index (χ2v) is 5.50. The second-order valence-electron chi connectivity index (χ2n) is 5.50. The van der Waals surface area contributed by atoms with Gasteiger partial charge in [0.05, 0.1) is 6.54 Å². The summed E-state index contributed by atoms with van der Waals surface area (Å²) < 4.78 is 50.7. The van der Waals surface area contributed by atoms with Crippen molar-refractivity contribution in [2.45, 2.75) is 25.2 Å². The van der Waals surface area contributed by atoms with Crippen LogP contribution in [0.1, 0.15) is 12.0 Å². The van der Waals surface area contributed by atoms with Gasteiger partial charge in [-0.3, -0.25) is 9.89 Å². The zero-order chi connectivity index (χ0) is 16.9. The van der Waals surface area contributed by atoms with Crippen molar-refractivity contribution in [2.75, 3.05) is 26.7 Å². The Morgan fingerprint density at radius 3 is 2.74 bits per heavy atom. The Bertz CT molecular complexity index is 545. The van der Waals surface area contributed by atoms with E-state index in [1.807, 2.05) is 0 Å². The van der Waals surface area contributed by atoms with Crippen molar-refractivity contribution in [2.24, 2.45) is 4.99 Å². The van der Waals surface area contributed by atoms with Crippen molar-refractivity contribution in [3.8, 4) is 0 Å². The Morgan fingerprint density at radius 1 is 1.35 bits per heavy atom. The van der Waals surface area contributed by atoms with E-state index in [-0.39, 0.29) is 18.4 Å². The first kappa shape index (κ1) is 17.5. The van der Waals surface area contributed by atoms with E-state index in [2.05, 4.69) is 15.6 Å².